The molecular weight excluding hydrogens is 260 g/mol. The van der Waals surface area contributed by atoms with E-state index in [1.807, 2.05) is 0 Å². The number of halogens is 1. The van der Waals surface area contributed by atoms with Crippen molar-refractivity contribution in [3.05, 3.63) is 39.8 Å². The molecule has 0 saturated carbocycles. The summed E-state index contributed by atoms with van der Waals surface area (Å²) in [7, 11) is 1.72. The third-order valence-electron chi connectivity index (χ3n) is 2.44. The molecule has 1 aromatic carbocycles. The van der Waals surface area contributed by atoms with Gasteiger partial charge in [0.05, 0.1) is 5.69 Å². The highest BCUT2D eigenvalue weighted by atomic mass is 35.5. The van der Waals surface area contributed by atoms with E-state index in [1.165, 1.54) is 0 Å². The fraction of sp³-hybridized carbons (Fsp3) is 0.0909. The van der Waals surface area contributed by atoms with Crippen LogP contribution in [0.4, 0.5) is 0 Å². The van der Waals surface area contributed by atoms with Gasteiger partial charge in [0.25, 0.3) is 0 Å². The molecule has 2 rings (SSSR count). The Morgan fingerprint density at radius 3 is 2.53 bits per heavy atom. The number of benzene rings is 1. The Morgan fingerprint density at radius 1 is 1.41 bits per heavy atom. The lowest BCUT2D eigenvalue weighted by atomic mass is 10.1. The lowest BCUT2D eigenvalue weighted by Crippen LogP contribution is -2.01. The number of nitrogens with one attached hydrogen (secondary N) is 1. The van der Waals surface area contributed by atoms with E-state index in [9.17, 15) is 4.79 Å². The number of rotatable bonds is 2. The monoisotopic (exact) mass is 268 g/mol. The number of carboxylic acids is 1. The minimum atomic E-state index is -1.04. The predicted octanol–water partition coefficient (Wildman–Crippen LogP) is 3.10. The summed E-state index contributed by atoms with van der Waals surface area (Å²) in [4.78, 5) is 13.8. The summed E-state index contributed by atoms with van der Waals surface area (Å²) in [5, 5.41) is 9.70. The number of hydrogen-bond donors (Lipinski definition) is 2. The number of hydrogen-bond acceptors (Lipinski definition) is 2. The second-order valence-corrected chi connectivity index (χ2v) is 4.35. The maximum absolute atomic E-state index is 11.1. The van der Waals surface area contributed by atoms with Crippen LogP contribution in [0.25, 0.3) is 11.3 Å². The summed E-state index contributed by atoms with van der Waals surface area (Å²) in [6.45, 7) is 0. The highest BCUT2D eigenvalue weighted by Gasteiger charge is 2.17. The Kier molecular flexibility index (Phi) is 3.04. The molecule has 4 nitrogen and oxygen atoms in total. The number of carboxylic acid groups (broad SMARTS) is 1. The molecule has 0 aliphatic carbocycles. The Bertz CT molecular complexity index is 628. The van der Waals surface area contributed by atoms with Gasteiger partial charge in [0.15, 0.2) is 10.5 Å². The summed E-state index contributed by atoms with van der Waals surface area (Å²) in [5.41, 5.74) is 1.38. The van der Waals surface area contributed by atoms with Crippen molar-refractivity contribution in [2.75, 3.05) is 0 Å². The van der Waals surface area contributed by atoms with Crippen molar-refractivity contribution < 1.29 is 9.90 Å². The van der Waals surface area contributed by atoms with E-state index in [1.54, 1.807) is 35.9 Å². The van der Waals surface area contributed by atoms with E-state index in [4.69, 9.17) is 28.9 Å². The molecule has 6 heteroatoms. The molecule has 0 atom stereocenters. The van der Waals surface area contributed by atoms with Gasteiger partial charge in [-0.15, -0.1) is 0 Å². The predicted molar refractivity (Wildman–Crippen MR) is 68.0 cm³/mol. The van der Waals surface area contributed by atoms with Gasteiger partial charge in [-0.05, 0) is 24.4 Å². The number of carbonyl (C=O) groups is 1. The maximum atomic E-state index is 11.1. The number of imidazole rings is 1. The Balaban J connectivity index is 2.69. The van der Waals surface area contributed by atoms with Gasteiger partial charge in [-0.25, -0.2) is 4.79 Å². The largest absolute Gasteiger partial charge is 0.477 e. The van der Waals surface area contributed by atoms with Crippen LogP contribution in [0.5, 0.6) is 0 Å². The van der Waals surface area contributed by atoms with E-state index in [2.05, 4.69) is 4.98 Å². The standard InChI is InChI=1S/C11H9ClN2O2S/c1-14-9(6-2-4-7(12)5-3-6)8(10(15)16)13-11(14)17/h2-5H,1H3,(H,13,17)(H,15,16). The van der Waals surface area contributed by atoms with E-state index in [-0.39, 0.29) is 5.69 Å². The quantitative estimate of drug-likeness (QED) is 0.823. The molecule has 0 radical (unpaired) electrons. The van der Waals surface area contributed by atoms with Gasteiger partial charge >= 0.3 is 5.97 Å². The Labute approximate surface area is 107 Å². The van der Waals surface area contributed by atoms with Crippen LogP contribution in [0.1, 0.15) is 10.5 Å². The smallest absolute Gasteiger partial charge is 0.354 e. The van der Waals surface area contributed by atoms with Crippen LogP contribution < -0.4 is 0 Å². The highest BCUT2D eigenvalue weighted by molar-refractivity contribution is 7.71. The summed E-state index contributed by atoms with van der Waals surface area (Å²) in [6.07, 6.45) is 0. The van der Waals surface area contributed by atoms with Crippen LogP contribution in [-0.2, 0) is 7.05 Å². The van der Waals surface area contributed by atoms with Crippen molar-refractivity contribution >= 4 is 29.8 Å². The zero-order chi connectivity index (χ0) is 12.6. The van der Waals surface area contributed by atoms with Crippen molar-refractivity contribution in [2.45, 2.75) is 0 Å². The molecule has 0 aliphatic rings. The van der Waals surface area contributed by atoms with Crippen LogP contribution in [0, 0.1) is 4.77 Å². The molecule has 17 heavy (non-hydrogen) atoms. The fourth-order valence-corrected chi connectivity index (χ4v) is 1.94. The van der Waals surface area contributed by atoms with Gasteiger partial charge in [-0.3, -0.25) is 0 Å². The topological polar surface area (TPSA) is 58.0 Å². The molecular formula is C11H9ClN2O2S. The first-order valence-electron chi connectivity index (χ1n) is 4.79. The lowest BCUT2D eigenvalue weighted by molar-refractivity contribution is 0.0692. The van der Waals surface area contributed by atoms with Gasteiger partial charge in [-0.1, -0.05) is 23.7 Å². The number of aromatic carboxylic acids is 1. The van der Waals surface area contributed by atoms with E-state index in [0.717, 1.165) is 5.56 Å². The third-order valence-corrected chi connectivity index (χ3v) is 3.07. The van der Waals surface area contributed by atoms with Crippen molar-refractivity contribution in [3.8, 4) is 11.3 Å². The zero-order valence-electron chi connectivity index (χ0n) is 8.90. The van der Waals surface area contributed by atoms with Gasteiger partial charge in [0.2, 0.25) is 0 Å². The van der Waals surface area contributed by atoms with Crippen molar-refractivity contribution in [2.24, 2.45) is 7.05 Å². The van der Waals surface area contributed by atoms with Crippen molar-refractivity contribution in [3.63, 3.8) is 0 Å². The molecule has 88 valence electrons. The second kappa shape index (κ2) is 4.35. The molecule has 0 saturated heterocycles. The van der Waals surface area contributed by atoms with Gasteiger partial charge < -0.3 is 14.7 Å². The van der Waals surface area contributed by atoms with Crippen LogP contribution in [-0.4, -0.2) is 20.6 Å². The minimum absolute atomic E-state index is 0.0832. The lowest BCUT2D eigenvalue weighted by Gasteiger charge is -2.04. The number of nitrogens with zero attached hydrogens (tertiary/aromatic N) is 1. The molecule has 2 aromatic rings. The molecule has 1 aromatic heterocycles. The first-order chi connectivity index (χ1) is 8.00. The first-order valence-corrected chi connectivity index (χ1v) is 5.57. The van der Waals surface area contributed by atoms with Gasteiger partial charge in [0.1, 0.15) is 0 Å². The zero-order valence-corrected chi connectivity index (χ0v) is 10.5. The number of aromatic amines is 1. The molecule has 0 aliphatic heterocycles. The molecule has 0 amide bonds. The Hall–Kier alpha value is -1.59. The summed E-state index contributed by atoms with van der Waals surface area (Å²) < 4.78 is 1.99. The summed E-state index contributed by atoms with van der Waals surface area (Å²) in [6, 6.07) is 6.93. The van der Waals surface area contributed by atoms with Crippen molar-refractivity contribution in [1.29, 1.82) is 0 Å². The van der Waals surface area contributed by atoms with Gasteiger partial charge in [-0.2, -0.15) is 0 Å². The summed E-state index contributed by atoms with van der Waals surface area (Å²) >= 11 is 10.8. The second-order valence-electron chi connectivity index (χ2n) is 3.52. The fourth-order valence-electron chi connectivity index (χ4n) is 1.62. The normalized spacial score (nSPS) is 10.5. The van der Waals surface area contributed by atoms with E-state index in [0.29, 0.717) is 15.5 Å². The number of aromatic nitrogens is 2. The molecule has 1 heterocycles. The van der Waals surface area contributed by atoms with Crippen LogP contribution >= 0.6 is 23.8 Å². The molecule has 0 bridgehead atoms. The molecule has 2 N–H and O–H groups in total. The summed E-state index contributed by atoms with van der Waals surface area (Å²) in [5.74, 6) is -1.04. The van der Waals surface area contributed by atoms with Gasteiger partial charge in [0, 0.05) is 17.6 Å². The molecule has 0 spiro atoms. The SMILES string of the molecule is Cn1c(-c2ccc(Cl)cc2)c(C(=O)O)[nH]c1=S. The van der Waals surface area contributed by atoms with E-state index < -0.39 is 5.97 Å². The third kappa shape index (κ3) is 2.11. The van der Waals surface area contributed by atoms with E-state index >= 15 is 0 Å². The average molecular weight is 269 g/mol. The first kappa shape index (κ1) is 11.9. The number of H-pyrrole nitrogens is 1. The Morgan fingerprint density at radius 2 is 2.00 bits per heavy atom. The van der Waals surface area contributed by atoms with Crippen molar-refractivity contribution in [1.82, 2.24) is 9.55 Å². The maximum Gasteiger partial charge on any atom is 0.354 e. The molecule has 0 unspecified atom stereocenters. The van der Waals surface area contributed by atoms with Crippen LogP contribution in [0.3, 0.4) is 0 Å². The highest BCUT2D eigenvalue weighted by Crippen LogP contribution is 2.24. The van der Waals surface area contributed by atoms with Crippen LogP contribution in [0.2, 0.25) is 5.02 Å². The minimum Gasteiger partial charge on any atom is -0.477 e. The molecule has 0 fully saturated rings. The van der Waals surface area contributed by atoms with Crippen LogP contribution in [0.15, 0.2) is 24.3 Å². The average Bonchev–Trinajstić information content (AvgIpc) is 2.57.